The van der Waals surface area contributed by atoms with Crippen molar-refractivity contribution in [2.75, 3.05) is 13.1 Å². The van der Waals surface area contributed by atoms with Gasteiger partial charge in [0.05, 0.1) is 5.60 Å². The molecule has 0 bridgehead atoms. The Labute approximate surface area is 109 Å². The maximum atomic E-state index is 12.3. The zero-order valence-corrected chi connectivity index (χ0v) is 10.4. The molecule has 18 heavy (non-hydrogen) atoms. The third kappa shape index (κ3) is 3.31. The molecule has 2 N–H and O–H groups in total. The van der Waals surface area contributed by atoms with Crippen LogP contribution in [0.2, 0.25) is 5.02 Å². The molecule has 0 aromatic heterocycles. The van der Waals surface area contributed by atoms with Gasteiger partial charge in [0.15, 0.2) is 0 Å². The Morgan fingerprint density at radius 3 is 2.89 bits per heavy atom. The minimum absolute atomic E-state index is 0.0646. The fourth-order valence-electron chi connectivity index (χ4n) is 2.13. The van der Waals surface area contributed by atoms with Crippen LogP contribution < -0.4 is 10.1 Å². The van der Waals surface area contributed by atoms with Crippen LogP contribution in [-0.4, -0.2) is 30.4 Å². The minimum atomic E-state index is -2.89. The fraction of sp³-hybridized carbons (Fsp3) is 0.500. The number of hydrogen-bond donors (Lipinski definition) is 2. The van der Waals surface area contributed by atoms with Gasteiger partial charge in [-0.3, -0.25) is 0 Å². The summed E-state index contributed by atoms with van der Waals surface area (Å²) in [6.45, 7) is -1.74. The summed E-state index contributed by atoms with van der Waals surface area (Å²) in [6.07, 6.45) is 0.816. The van der Waals surface area contributed by atoms with Crippen LogP contribution in [0.4, 0.5) is 8.78 Å². The molecule has 0 amide bonds. The van der Waals surface area contributed by atoms with E-state index in [2.05, 4.69) is 10.1 Å². The summed E-state index contributed by atoms with van der Waals surface area (Å²) < 4.78 is 29.0. The van der Waals surface area contributed by atoms with Crippen molar-refractivity contribution < 1.29 is 18.6 Å². The van der Waals surface area contributed by atoms with Gasteiger partial charge in [-0.05, 0) is 36.7 Å². The topological polar surface area (TPSA) is 41.5 Å². The molecule has 2 rings (SSSR count). The van der Waals surface area contributed by atoms with Gasteiger partial charge in [0, 0.05) is 18.0 Å². The number of aliphatic hydroxyl groups is 1. The molecule has 1 atom stereocenters. The number of ether oxygens (including phenoxy) is 1. The molecule has 0 radical (unpaired) electrons. The smallest absolute Gasteiger partial charge is 0.387 e. The average Bonchev–Trinajstić information content (AvgIpc) is 2.68. The maximum Gasteiger partial charge on any atom is 0.387 e. The predicted molar refractivity (Wildman–Crippen MR) is 64.2 cm³/mol. The van der Waals surface area contributed by atoms with Crippen LogP contribution in [0.25, 0.3) is 0 Å². The zero-order chi connectivity index (χ0) is 13.2. The number of rotatable bonds is 4. The molecule has 100 valence electrons. The van der Waals surface area contributed by atoms with E-state index in [0.717, 1.165) is 0 Å². The lowest BCUT2D eigenvalue weighted by Crippen LogP contribution is -2.34. The van der Waals surface area contributed by atoms with Crippen LogP contribution in [0, 0.1) is 0 Å². The van der Waals surface area contributed by atoms with Crippen molar-refractivity contribution in [3.63, 3.8) is 0 Å². The quantitative estimate of drug-likeness (QED) is 0.887. The Balaban J connectivity index is 2.21. The summed E-state index contributed by atoms with van der Waals surface area (Å²) in [7, 11) is 0. The summed E-state index contributed by atoms with van der Waals surface area (Å²) in [5.41, 5.74) is -0.431. The molecule has 0 aliphatic carbocycles. The minimum Gasteiger partial charge on any atom is -0.435 e. The third-order valence-corrected chi connectivity index (χ3v) is 3.21. The molecule has 1 aromatic rings. The highest BCUT2D eigenvalue weighted by Crippen LogP contribution is 2.30. The summed E-state index contributed by atoms with van der Waals surface area (Å²) in [4.78, 5) is 0. The lowest BCUT2D eigenvalue weighted by atomic mass is 9.93. The van der Waals surface area contributed by atoms with E-state index >= 15 is 0 Å². The number of benzene rings is 1. The maximum absolute atomic E-state index is 12.3. The van der Waals surface area contributed by atoms with Gasteiger partial charge in [-0.15, -0.1) is 0 Å². The van der Waals surface area contributed by atoms with E-state index in [9.17, 15) is 13.9 Å². The molecule has 3 nitrogen and oxygen atoms in total. The van der Waals surface area contributed by atoms with Gasteiger partial charge in [-0.2, -0.15) is 8.78 Å². The molecule has 1 fully saturated rings. The first-order valence-corrected chi connectivity index (χ1v) is 6.03. The molecule has 1 aromatic carbocycles. The lowest BCUT2D eigenvalue weighted by molar-refractivity contribution is -0.0512. The van der Waals surface area contributed by atoms with Gasteiger partial charge in [-0.1, -0.05) is 11.6 Å². The Hall–Kier alpha value is -0.910. The third-order valence-electron chi connectivity index (χ3n) is 2.98. The van der Waals surface area contributed by atoms with E-state index < -0.39 is 12.2 Å². The molecule has 0 saturated carbocycles. The van der Waals surface area contributed by atoms with Crippen LogP contribution in [0.3, 0.4) is 0 Å². The number of nitrogens with one attached hydrogen (secondary N) is 1. The lowest BCUT2D eigenvalue weighted by Gasteiger charge is -2.22. The Morgan fingerprint density at radius 1 is 1.50 bits per heavy atom. The second kappa shape index (κ2) is 5.38. The molecule has 6 heteroatoms. The molecule has 1 heterocycles. The summed E-state index contributed by atoms with van der Waals surface area (Å²) in [5, 5.41) is 13.7. The van der Waals surface area contributed by atoms with Crippen LogP contribution >= 0.6 is 11.6 Å². The molecule has 0 spiro atoms. The van der Waals surface area contributed by atoms with Crippen molar-refractivity contribution in [1.29, 1.82) is 0 Å². The SMILES string of the molecule is OC1(Cc2cc(Cl)ccc2OC(F)F)CCNC1. The molecule has 1 aliphatic rings. The van der Waals surface area contributed by atoms with Crippen LogP contribution in [0.15, 0.2) is 18.2 Å². The van der Waals surface area contributed by atoms with Crippen LogP contribution in [0.1, 0.15) is 12.0 Å². The average molecular weight is 278 g/mol. The molecule has 1 saturated heterocycles. The number of halogens is 3. The first-order chi connectivity index (χ1) is 8.48. The number of alkyl halides is 2. The molecule has 1 unspecified atom stereocenters. The van der Waals surface area contributed by atoms with E-state index in [4.69, 9.17) is 11.6 Å². The number of hydrogen-bond acceptors (Lipinski definition) is 3. The molecule has 1 aliphatic heterocycles. The second-order valence-corrected chi connectivity index (χ2v) is 4.89. The van der Waals surface area contributed by atoms with E-state index in [1.807, 2.05) is 0 Å². The van der Waals surface area contributed by atoms with E-state index in [-0.39, 0.29) is 12.2 Å². The molecular formula is C12H14ClF2NO2. The highest BCUT2D eigenvalue weighted by molar-refractivity contribution is 6.30. The fourth-order valence-corrected chi connectivity index (χ4v) is 2.33. The normalized spacial score (nSPS) is 23.6. The highest BCUT2D eigenvalue weighted by atomic mass is 35.5. The highest BCUT2D eigenvalue weighted by Gasteiger charge is 2.32. The largest absolute Gasteiger partial charge is 0.435 e. The van der Waals surface area contributed by atoms with Crippen molar-refractivity contribution in [2.24, 2.45) is 0 Å². The van der Waals surface area contributed by atoms with Gasteiger partial charge in [0.2, 0.25) is 0 Å². The second-order valence-electron chi connectivity index (χ2n) is 4.46. The predicted octanol–water partition coefficient (Wildman–Crippen LogP) is 2.21. The van der Waals surface area contributed by atoms with Crippen LogP contribution in [-0.2, 0) is 6.42 Å². The van der Waals surface area contributed by atoms with Gasteiger partial charge in [-0.25, -0.2) is 0 Å². The Kier molecular flexibility index (Phi) is 4.04. The van der Waals surface area contributed by atoms with E-state index in [0.29, 0.717) is 30.1 Å². The van der Waals surface area contributed by atoms with Crippen molar-refractivity contribution in [2.45, 2.75) is 25.1 Å². The summed E-state index contributed by atoms with van der Waals surface area (Å²) >= 11 is 5.84. The number of β-amino-alcohol motifs (C(OH)–C–C–N with tert-alkyl or cyclic N) is 1. The van der Waals surface area contributed by atoms with Crippen molar-refractivity contribution >= 4 is 11.6 Å². The Bertz CT molecular complexity index is 423. The van der Waals surface area contributed by atoms with Crippen molar-refractivity contribution in [3.8, 4) is 5.75 Å². The van der Waals surface area contributed by atoms with Crippen molar-refractivity contribution in [3.05, 3.63) is 28.8 Å². The summed E-state index contributed by atoms with van der Waals surface area (Å²) in [6, 6.07) is 4.44. The Morgan fingerprint density at radius 2 is 2.28 bits per heavy atom. The standard InChI is InChI=1S/C12H14ClF2NO2/c13-9-1-2-10(18-11(14)15)8(5-9)6-12(17)3-4-16-7-12/h1-2,5,11,16-17H,3-4,6-7H2. The van der Waals surface area contributed by atoms with Crippen LogP contribution in [0.5, 0.6) is 5.75 Å². The zero-order valence-electron chi connectivity index (χ0n) is 9.63. The monoisotopic (exact) mass is 277 g/mol. The van der Waals surface area contributed by atoms with Gasteiger partial charge >= 0.3 is 6.61 Å². The van der Waals surface area contributed by atoms with Gasteiger partial charge in [0.25, 0.3) is 0 Å². The first-order valence-electron chi connectivity index (χ1n) is 5.65. The van der Waals surface area contributed by atoms with Crippen molar-refractivity contribution in [1.82, 2.24) is 5.32 Å². The first kappa shape index (κ1) is 13.5. The van der Waals surface area contributed by atoms with E-state index in [1.54, 1.807) is 6.07 Å². The molecular weight excluding hydrogens is 264 g/mol. The summed E-state index contributed by atoms with van der Waals surface area (Å²) in [5.74, 6) is 0.0646. The van der Waals surface area contributed by atoms with E-state index in [1.165, 1.54) is 12.1 Å². The van der Waals surface area contributed by atoms with Gasteiger partial charge < -0.3 is 15.2 Å². The van der Waals surface area contributed by atoms with Gasteiger partial charge in [0.1, 0.15) is 5.75 Å².